The minimum atomic E-state index is -1.06. The molecule has 1 aromatic rings. The molecule has 1 aliphatic carbocycles. The molecule has 144 valence electrons. The highest BCUT2D eigenvalue weighted by molar-refractivity contribution is 5.87. The number of nitrogens with one attached hydrogen (secondary N) is 1. The third-order valence-corrected chi connectivity index (χ3v) is 5.52. The summed E-state index contributed by atoms with van der Waals surface area (Å²) in [6.45, 7) is 9.81. The van der Waals surface area contributed by atoms with Crippen molar-refractivity contribution in [2.45, 2.75) is 71.9 Å². The van der Waals surface area contributed by atoms with Crippen LogP contribution < -0.4 is 5.32 Å². The maximum atomic E-state index is 13.1. The van der Waals surface area contributed by atoms with Crippen LogP contribution in [0.1, 0.15) is 59.4 Å². The number of ether oxygens (including phenoxy) is 1. The van der Waals surface area contributed by atoms with E-state index in [1.54, 1.807) is 6.92 Å². The summed E-state index contributed by atoms with van der Waals surface area (Å²) in [5.41, 5.74) is -0.0619. The number of hydrogen-bond donors (Lipinski definition) is 1. The first-order valence-corrected chi connectivity index (χ1v) is 9.75. The average Bonchev–Trinajstić information content (AvgIpc) is 2.54. The summed E-state index contributed by atoms with van der Waals surface area (Å²) in [6, 6.07) is 9.74. The predicted molar refractivity (Wildman–Crippen MR) is 104 cm³/mol. The Morgan fingerprint density at radius 1 is 1.23 bits per heavy atom. The van der Waals surface area contributed by atoms with Crippen LogP contribution in [-0.4, -0.2) is 23.5 Å². The van der Waals surface area contributed by atoms with E-state index in [0.29, 0.717) is 24.2 Å². The van der Waals surface area contributed by atoms with E-state index in [9.17, 15) is 9.59 Å². The van der Waals surface area contributed by atoms with Crippen LogP contribution in [0.2, 0.25) is 0 Å². The molecule has 1 amide bonds. The summed E-state index contributed by atoms with van der Waals surface area (Å²) in [5, 5.41) is 2.84. The summed E-state index contributed by atoms with van der Waals surface area (Å²) >= 11 is 0. The second-order valence-corrected chi connectivity index (χ2v) is 8.45. The van der Waals surface area contributed by atoms with E-state index in [2.05, 4.69) is 26.1 Å². The Labute approximate surface area is 157 Å². The molecule has 1 aromatic carbocycles. The lowest BCUT2D eigenvalue weighted by molar-refractivity contribution is -0.164. The monoisotopic (exact) mass is 359 g/mol. The van der Waals surface area contributed by atoms with Crippen LogP contribution in [0.3, 0.4) is 0 Å². The molecule has 0 aromatic heterocycles. The highest BCUT2D eigenvalue weighted by Gasteiger charge is 2.40. The highest BCUT2D eigenvalue weighted by Crippen LogP contribution is 2.36. The van der Waals surface area contributed by atoms with Gasteiger partial charge in [0.2, 0.25) is 5.91 Å². The zero-order chi connectivity index (χ0) is 19.3. The van der Waals surface area contributed by atoms with Crippen molar-refractivity contribution >= 4 is 11.9 Å². The second-order valence-electron chi connectivity index (χ2n) is 8.45. The zero-order valence-corrected chi connectivity index (χ0v) is 16.7. The van der Waals surface area contributed by atoms with E-state index >= 15 is 0 Å². The van der Waals surface area contributed by atoms with Crippen LogP contribution in [0.5, 0.6) is 0 Å². The van der Waals surface area contributed by atoms with Crippen LogP contribution in [0, 0.1) is 17.8 Å². The van der Waals surface area contributed by atoms with E-state index in [0.717, 1.165) is 18.4 Å². The van der Waals surface area contributed by atoms with Gasteiger partial charge in [-0.15, -0.1) is 0 Å². The maximum Gasteiger partial charge on any atom is 0.332 e. The van der Waals surface area contributed by atoms with Gasteiger partial charge in [0.15, 0.2) is 0 Å². The van der Waals surface area contributed by atoms with Crippen molar-refractivity contribution in [3.8, 4) is 0 Å². The Balaban J connectivity index is 2.18. The third-order valence-electron chi connectivity index (χ3n) is 5.52. The van der Waals surface area contributed by atoms with Gasteiger partial charge in [-0.1, -0.05) is 57.5 Å². The summed E-state index contributed by atoms with van der Waals surface area (Å²) in [6.07, 6.45) is 3.52. The van der Waals surface area contributed by atoms with E-state index in [1.807, 2.05) is 30.3 Å². The van der Waals surface area contributed by atoms with Gasteiger partial charge < -0.3 is 10.1 Å². The van der Waals surface area contributed by atoms with Crippen LogP contribution in [-0.2, 0) is 20.7 Å². The largest absolute Gasteiger partial charge is 0.460 e. The number of hydrogen-bond acceptors (Lipinski definition) is 3. The molecule has 1 N–H and O–H groups in total. The Hall–Kier alpha value is -1.84. The Bertz CT molecular complexity index is 613. The van der Waals surface area contributed by atoms with Crippen LogP contribution in [0.25, 0.3) is 0 Å². The van der Waals surface area contributed by atoms with Crippen LogP contribution in [0.15, 0.2) is 30.3 Å². The number of carbonyl (C=O) groups is 2. The van der Waals surface area contributed by atoms with Gasteiger partial charge >= 0.3 is 5.97 Å². The SMILES string of the molecule is CC(=O)N[C@@](C)(Cc1ccccc1)C(=O)OC1CC(C)CCC1C(C)C. The topological polar surface area (TPSA) is 55.4 Å². The zero-order valence-electron chi connectivity index (χ0n) is 16.7. The molecule has 1 aliphatic rings. The molecule has 4 atom stereocenters. The molecule has 1 saturated carbocycles. The number of esters is 1. The lowest BCUT2D eigenvalue weighted by atomic mass is 9.75. The average molecular weight is 360 g/mol. The normalized spacial score (nSPS) is 25.4. The van der Waals surface area contributed by atoms with Crippen molar-refractivity contribution in [2.75, 3.05) is 0 Å². The summed E-state index contributed by atoms with van der Waals surface area (Å²) in [5.74, 6) is 0.859. The molecule has 26 heavy (non-hydrogen) atoms. The van der Waals surface area contributed by atoms with Gasteiger partial charge in [0.25, 0.3) is 0 Å². The molecule has 4 heteroatoms. The minimum Gasteiger partial charge on any atom is -0.460 e. The van der Waals surface area contributed by atoms with Gasteiger partial charge in [0.05, 0.1) is 0 Å². The highest BCUT2D eigenvalue weighted by atomic mass is 16.5. The van der Waals surface area contributed by atoms with Gasteiger partial charge in [-0.3, -0.25) is 4.79 Å². The summed E-state index contributed by atoms with van der Waals surface area (Å²) in [7, 11) is 0. The molecule has 4 nitrogen and oxygen atoms in total. The smallest absolute Gasteiger partial charge is 0.332 e. The fourth-order valence-corrected chi connectivity index (χ4v) is 4.08. The number of amides is 1. The predicted octanol–water partition coefficient (Wildman–Crippen LogP) is 4.13. The number of rotatable bonds is 6. The third kappa shape index (κ3) is 5.33. The van der Waals surface area contributed by atoms with Gasteiger partial charge in [-0.05, 0) is 43.1 Å². The number of carbonyl (C=O) groups excluding carboxylic acids is 2. The van der Waals surface area contributed by atoms with Crippen molar-refractivity contribution in [3.05, 3.63) is 35.9 Å². The molecule has 1 fully saturated rings. The second kappa shape index (κ2) is 8.70. The molecule has 2 rings (SSSR count). The maximum absolute atomic E-state index is 13.1. The van der Waals surface area contributed by atoms with Crippen molar-refractivity contribution in [2.24, 2.45) is 17.8 Å². The van der Waals surface area contributed by atoms with Crippen LogP contribution in [0.4, 0.5) is 0 Å². The molecular formula is C22H33NO3. The quantitative estimate of drug-likeness (QED) is 0.777. The Morgan fingerprint density at radius 2 is 1.88 bits per heavy atom. The van der Waals surface area contributed by atoms with Crippen molar-refractivity contribution in [3.63, 3.8) is 0 Å². The van der Waals surface area contributed by atoms with E-state index in [1.165, 1.54) is 13.3 Å². The fraction of sp³-hybridized carbons (Fsp3) is 0.636. The summed E-state index contributed by atoms with van der Waals surface area (Å²) < 4.78 is 6.02. The van der Waals surface area contributed by atoms with E-state index in [-0.39, 0.29) is 18.0 Å². The molecule has 0 radical (unpaired) electrons. The lowest BCUT2D eigenvalue weighted by Gasteiger charge is -2.39. The summed E-state index contributed by atoms with van der Waals surface area (Å²) in [4.78, 5) is 24.9. The molecule has 3 unspecified atom stereocenters. The van der Waals surface area contributed by atoms with E-state index in [4.69, 9.17) is 4.74 Å². The molecule has 0 aliphatic heterocycles. The first kappa shape index (κ1) is 20.5. The molecule has 0 heterocycles. The lowest BCUT2D eigenvalue weighted by Crippen LogP contribution is -2.55. The van der Waals surface area contributed by atoms with Crippen molar-refractivity contribution in [1.29, 1.82) is 0 Å². The fourth-order valence-electron chi connectivity index (χ4n) is 4.08. The van der Waals surface area contributed by atoms with Crippen molar-refractivity contribution in [1.82, 2.24) is 5.32 Å². The molecule has 0 saturated heterocycles. The van der Waals surface area contributed by atoms with Gasteiger partial charge in [0, 0.05) is 13.3 Å². The minimum absolute atomic E-state index is 0.0740. The molecule has 0 bridgehead atoms. The Kier molecular flexibility index (Phi) is 6.85. The van der Waals surface area contributed by atoms with Crippen LogP contribution >= 0.6 is 0 Å². The van der Waals surface area contributed by atoms with Gasteiger partial charge in [-0.2, -0.15) is 0 Å². The molecule has 0 spiro atoms. The molecular weight excluding hydrogens is 326 g/mol. The standard InChI is InChI=1S/C22H33NO3/c1-15(2)19-12-11-16(3)13-20(19)26-21(25)22(5,23-17(4)24)14-18-9-7-6-8-10-18/h6-10,15-16,19-20H,11-14H2,1-5H3,(H,23,24)/t16?,19?,20?,22-/m0/s1. The van der Waals surface area contributed by atoms with Gasteiger partial charge in [-0.25, -0.2) is 4.79 Å². The Morgan fingerprint density at radius 3 is 2.46 bits per heavy atom. The van der Waals surface area contributed by atoms with Crippen molar-refractivity contribution < 1.29 is 14.3 Å². The number of benzene rings is 1. The first-order valence-electron chi connectivity index (χ1n) is 9.75. The van der Waals surface area contributed by atoms with Gasteiger partial charge in [0.1, 0.15) is 11.6 Å². The van der Waals surface area contributed by atoms with E-state index < -0.39 is 5.54 Å². The first-order chi connectivity index (χ1) is 12.2.